The first-order valence-electron chi connectivity index (χ1n) is 6.79. The van der Waals surface area contributed by atoms with Crippen LogP contribution in [0.3, 0.4) is 0 Å². The van der Waals surface area contributed by atoms with Gasteiger partial charge in [0.2, 0.25) is 0 Å². The van der Waals surface area contributed by atoms with Crippen LogP contribution in [-0.4, -0.2) is 18.1 Å². The van der Waals surface area contributed by atoms with Gasteiger partial charge in [0.25, 0.3) is 10.0 Å². The normalized spacial score (nSPS) is 11.6. The molecule has 1 aromatic heterocycles. The van der Waals surface area contributed by atoms with Crippen LogP contribution in [0.5, 0.6) is 0 Å². The highest BCUT2D eigenvalue weighted by Gasteiger charge is 2.22. The highest BCUT2D eigenvalue weighted by atomic mass is 32.2. The van der Waals surface area contributed by atoms with Gasteiger partial charge in [0, 0.05) is 11.1 Å². The summed E-state index contributed by atoms with van der Waals surface area (Å²) in [6.45, 7) is 3.70. The molecule has 0 saturated carbocycles. The molecule has 0 saturated heterocycles. The van der Waals surface area contributed by atoms with Crippen molar-refractivity contribution < 1.29 is 8.42 Å². The van der Waals surface area contributed by atoms with Crippen molar-refractivity contribution in [2.45, 2.75) is 9.92 Å². The number of benzene rings is 2. The van der Waals surface area contributed by atoms with E-state index in [0.29, 0.717) is 16.3 Å². The Balaban J connectivity index is 2.26. The van der Waals surface area contributed by atoms with Crippen molar-refractivity contribution >= 4 is 32.7 Å². The fourth-order valence-corrected chi connectivity index (χ4v) is 4.89. The third-order valence-electron chi connectivity index (χ3n) is 3.27. The first-order chi connectivity index (χ1) is 10.6. The van der Waals surface area contributed by atoms with E-state index in [0.717, 1.165) is 5.39 Å². The SMILES string of the molecule is C=CCSc1cc2ccccc2n1S(=O)(=O)c1ccccc1. The molecular weight excluding hydrogens is 314 g/mol. The van der Waals surface area contributed by atoms with E-state index in [4.69, 9.17) is 0 Å². The molecule has 0 amide bonds. The standard InChI is InChI=1S/C17H15NO2S2/c1-2-12-21-17-13-14-8-6-7-11-16(14)18(17)22(19,20)15-9-4-3-5-10-15/h2-11,13H,1,12H2. The summed E-state index contributed by atoms with van der Waals surface area (Å²) < 4.78 is 27.5. The lowest BCUT2D eigenvalue weighted by atomic mass is 10.3. The molecule has 0 aliphatic carbocycles. The molecule has 1 heterocycles. The van der Waals surface area contributed by atoms with Gasteiger partial charge in [-0.2, -0.15) is 0 Å². The fourth-order valence-electron chi connectivity index (χ4n) is 2.30. The molecule has 0 unspecified atom stereocenters. The van der Waals surface area contributed by atoms with Gasteiger partial charge in [0.1, 0.15) is 0 Å². The number of rotatable bonds is 5. The number of aromatic nitrogens is 1. The Labute approximate surface area is 134 Å². The van der Waals surface area contributed by atoms with Crippen LogP contribution < -0.4 is 0 Å². The van der Waals surface area contributed by atoms with Crippen molar-refractivity contribution in [3.05, 3.63) is 73.3 Å². The molecule has 0 bridgehead atoms. The summed E-state index contributed by atoms with van der Waals surface area (Å²) >= 11 is 1.46. The lowest BCUT2D eigenvalue weighted by Gasteiger charge is -2.11. The minimum atomic E-state index is -3.62. The molecule has 0 radical (unpaired) electrons. The predicted molar refractivity (Wildman–Crippen MR) is 91.9 cm³/mol. The van der Waals surface area contributed by atoms with E-state index >= 15 is 0 Å². The molecule has 3 rings (SSSR count). The van der Waals surface area contributed by atoms with Crippen molar-refractivity contribution in [2.75, 3.05) is 5.75 Å². The Kier molecular flexibility index (Phi) is 4.09. The summed E-state index contributed by atoms with van der Waals surface area (Å²) in [5, 5.41) is 1.61. The number of thioether (sulfide) groups is 1. The topological polar surface area (TPSA) is 39.1 Å². The van der Waals surface area contributed by atoms with E-state index in [9.17, 15) is 8.42 Å². The van der Waals surface area contributed by atoms with E-state index in [2.05, 4.69) is 6.58 Å². The average Bonchev–Trinajstić information content (AvgIpc) is 2.92. The third-order valence-corrected chi connectivity index (χ3v) is 6.12. The monoisotopic (exact) mass is 329 g/mol. The number of nitrogens with zero attached hydrogens (tertiary/aromatic N) is 1. The van der Waals surface area contributed by atoms with Crippen molar-refractivity contribution in [2.24, 2.45) is 0 Å². The Morgan fingerprint density at radius 2 is 1.73 bits per heavy atom. The number of hydrogen-bond acceptors (Lipinski definition) is 3. The molecule has 0 fully saturated rings. The summed E-state index contributed by atoms with van der Waals surface area (Å²) in [6, 6.07) is 17.9. The van der Waals surface area contributed by atoms with E-state index in [-0.39, 0.29) is 4.90 Å². The summed E-state index contributed by atoms with van der Waals surface area (Å²) in [5.41, 5.74) is 0.693. The van der Waals surface area contributed by atoms with E-state index < -0.39 is 10.0 Å². The zero-order valence-corrected chi connectivity index (χ0v) is 13.5. The zero-order chi connectivity index (χ0) is 15.6. The second-order valence-corrected chi connectivity index (χ2v) is 7.55. The smallest absolute Gasteiger partial charge is 0.228 e. The summed E-state index contributed by atoms with van der Waals surface area (Å²) in [7, 11) is -3.62. The highest BCUT2D eigenvalue weighted by Crippen LogP contribution is 2.31. The predicted octanol–water partition coefficient (Wildman–Crippen LogP) is 4.16. The molecule has 0 aliphatic heterocycles. The van der Waals surface area contributed by atoms with Crippen LogP contribution in [0, 0.1) is 0 Å². The van der Waals surface area contributed by atoms with Crippen molar-refractivity contribution in [3.63, 3.8) is 0 Å². The van der Waals surface area contributed by atoms with E-state index in [1.807, 2.05) is 30.3 Å². The summed E-state index contributed by atoms with van der Waals surface area (Å²) in [4.78, 5) is 0.289. The maximum Gasteiger partial charge on any atom is 0.269 e. The van der Waals surface area contributed by atoms with Crippen LogP contribution in [0.2, 0.25) is 0 Å². The van der Waals surface area contributed by atoms with Gasteiger partial charge in [-0.3, -0.25) is 0 Å². The van der Waals surface area contributed by atoms with Crippen LogP contribution in [0.1, 0.15) is 0 Å². The quantitative estimate of drug-likeness (QED) is 0.521. The number of hydrogen-bond donors (Lipinski definition) is 0. The molecule has 0 aliphatic rings. The molecule has 5 heteroatoms. The fraction of sp³-hybridized carbons (Fsp3) is 0.0588. The van der Waals surface area contributed by atoms with Gasteiger partial charge in [-0.15, -0.1) is 18.3 Å². The molecule has 0 atom stereocenters. The van der Waals surface area contributed by atoms with Gasteiger partial charge in [-0.05, 0) is 24.3 Å². The van der Waals surface area contributed by atoms with Crippen LogP contribution in [0.25, 0.3) is 10.9 Å². The maximum absolute atomic E-state index is 13.0. The number of para-hydroxylation sites is 1. The molecule has 0 N–H and O–H groups in total. The van der Waals surface area contributed by atoms with Crippen LogP contribution >= 0.6 is 11.8 Å². The number of fused-ring (bicyclic) bond motifs is 1. The average molecular weight is 329 g/mol. The molecule has 3 nitrogen and oxygen atoms in total. The first kappa shape index (κ1) is 14.9. The highest BCUT2D eigenvalue weighted by molar-refractivity contribution is 8.00. The largest absolute Gasteiger partial charge is 0.269 e. The Bertz CT molecular complexity index is 912. The van der Waals surface area contributed by atoms with Gasteiger partial charge in [-0.1, -0.05) is 42.5 Å². The van der Waals surface area contributed by atoms with Crippen molar-refractivity contribution in [3.8, 4) is 0 Å². The van der Waals surface area contributed by atoms with Gasteiger partial charge in [-0.25, -0.2) is 12.4 Å². The van der Waals surface area contributed by atoms with Gasteiger partial charge in [0.15, 0.2) is 0 Å². The lowest BCUT2D eigenvalue weighted by molar-refractivity contribution is 0.585. The molecular formula is C17H15NO2S2. The summed E-state index contributed by atoms with van der Waals surface area (Å²) in [5.74, 6) is 0.653. The second kappa shape index (κ2) is 6.02. The minimum Gasteiger partial charge on any atom is -0.228 e. The lowest BCUT2D eigenvalue weighted by Crippen LogP contribution is -2.13. The van der Waals surface area contributed by atoms with Crippen LogP contribution in [0.15, 0.2) is 83.2 Å². The van der Waals surface area contributed by atoms with Gasteiger partial charge < -0.3 is 0 Å². The second-order valence-electron chi connectivity index (χ2n) is 4.72. The van der Waals surface area contributed by atoms with Gasteiger partial charge >= 0.3 is 0 Å². The molecule has 3 aromatic rings. The Morgan fingerprint density at radius 3 is 2.45 bits per heavy atom. The third kappa shape index (κ3) is 2.58. The van der Waals surface area contributed by atoms with E-state index in [1.54, 1.807) is 36.4 Å². The molecule has 112 valence electrons. The zero-order valence-electron chi connectivity index (χ0n) is 11.8. The van der Waals surface area contributed by atoms with Gasteiger partial charge in [0.05, 0.1) is 15.4 Å². The maximum atomic E-state index is 13.0. The van der Waals surface area contributed by atoms with E-state index in [1.165, 1.54) is 15.7 Å². The Morgan fingerprint density at radius 1 is 1.05 bits per heavy atom. The minimum absolute atomic E-state index is 0.289. The van der Waals surface area contributed by atoms with Crippen molar-refractivity contribution in [1.82, 2.24) is 3.97 Å². The molecule has 22 heavy (non-hydrogen) atoms. The van der Waals surface area contributed by atoms with Crippen molar-refractivity contribution in [1.29, 1.82) is 0 Å². The summed E-state index contributed by atoms with van der Waals surface area (Å²) in [6.07, 6.45) is 1.77. The van der Waals surface area contributed by atoms with Crippen LogP contribution in [0.4, 0.5) is 0 Å². The first-order valence-corrected chi connectivity index (χ1v) is 9.22. The van der Waals surface area contributed by atoms with Crippen LogP contribution in [-0.2, 0) is 10.0 Å². The molecule has 0 spiro atoms. The Hall–Kier alpha value is -1.98. The molecule has 2 aromatic carbocycles.